The van der Waals surface area contributed by atoms with Gasteiger partial charge in [-0.05, 0) is 64.4 Å². The van der Waals surface area contributed by atoms with Crippen molar-refractivity contribution in [3.63, 3.8) is 0 Å². The first-order valence-electron chi connectivity index (χ1n) is 10.9. The van der Waals surface area contributed by atoms with Gasteiger partial charge in [0, 0.05) is 8.22 Å². The predicted octanol–water partition coefficient (Wildman–Crippen LogP) is 6.79. The molecule has 0 aliphatic heterocycles. The number of aryl methyl sites for hydroxylation is 2. The van der Waals surface area contributed by atoms with Crippen LogP contribution in [0, 0.1) is 13.7 Å². The standard InChI is InChI=1S/C24H20/c1-17-8-10-21-15-23(13-12-20(21)14-17)24-16-22(11-9-18(24)2)19-6-4-3-5-7-19/h3-16H,1-2H3/i1D3,2D3. The van der Waals surface area contributed by atoms with Crippen LogP contribution in [0.3, 0.4) is 0 Å². The monoisotopic (exact) mass is 314 g/mol. The van der Waals surface area contributed by atoms with E-state index in [4.69, 9.17) is 8.22 Å². The minimum atomic E-state index is -2.25. The van der Waals surface area contributed by atoms with Gasteiger partial charge in [0.2, 0.25) is 0 Å². The van der Waals surface area contributed by atoms with Crippen molar-refractivity contribution in [1.82, 2.24) is 0 Å². The van der Waals surface area contributed by atoms with Crippen molar-refractivity contribution in [2.24, 2.45) is 0 Å². The summed E-state index contributed by atoms with van der Waals surface area (Å²) in [5, 5.41) is 1.67. The number of fused-ring (bicyclic) bond motifs is 1. The van der Waals surface area contributed by atoms with Crippen molar-refractivity contribution in [3.05, 3.63) is 96.1 Å². The molecule has 0 radical (unpaired) electrons. The lowest BCUT2D eigenvalue weighted by molar-refractivity contribution is 1.45. The third-order valence-electron chi connectivity index (χ3n) is 4.28. The van der Waals surface area contributed by atoms with Gasteiger partial charge in [0.1, 0.15) is 0 Å². The molecule has 24 heavy (non-hydrogen) atoms. The molecule has 0 heteroatoms. The highest BCUT2D eigenvalue weighted by molar-refractivity contribution is 5.89. The molecule has 0 bridgehead atoms. The first kappa shape index (κ1) is 9.44. The first-order valence-corrected chi connectivity index (χ1v) is 7.87. The Balaban J connectivity index is 1.88. The van der Waals surface area contributed by atoms with Crippen molar-refractivity contribution in [3.8, 4) is 22.3 Å². The van der Waals surface area contributed by atoms with Crippen LogP contribution in [0.5, 0.6) is 0 Å². The smallest absolute Gasteiger partial charge is 0.0280 e. The summed E-state index contributed by atoms with van der Waals surface area (Å²) in [6, 6.07) is 25.9. The van der Waals surface area contributed by atoms with Gasteiger partial charge in [-0.2, -0.15) is 0 Å². The van der Waals surface area contributed by atoms with Crippen LogP contribution >= 0.6 is 0 Å². The second-order valence-electron chi connectivity index (χ2n) is 5.90. The lowest BCUT2D eigenvalue weighted by Gasteiger charge is -2.11. The first-order chi connectivity index (χ1) is 14.1. The van der Waals surface area contributed by atoms with Crippen LogP contribution in [-0.2, 0) is 0 Å². The third-order valence-corrected chi connectivity index (χ3v) is 4.28. The highest BCUT2D eigenvalue weighted by atomic mass is 14.1. The van der Waals surface area contributed by atoms with Gasteiger partial charge in [-0.15, -0.1) is 0 Å². The summed E-state index contributed by atoms with van der Waals surface area (Å²) >= 11 is 0. The highest BCUT2D eigenvalue weighted by Gasteiger charge is 2.06. The predicted molar refractivity (Wildman–Crippen MR) is 104 cm³/mol. The molecule has 0 amide bonds. The van der Waals surface area contributed by atoms with Crippen LogP contribution in [0.15, 0.2) is 84.9 Å². The Labute approximate surface area is 151 Å². The van der Waals surface area contributed by atoms with E-state index in [1.165, 1.54) is 0 Å². The van der Waals surface area contributed by atoms with Crippen molar-refractivity contribution in [2.45, 2.75) is 13.7 Å². The lowest BCUT2D eigenvalue weighted by Crippen LogP contribution is -1.86. The van der Waals surface area contributed by atoms with E-state index in [0.717, 1.165) is 27.5 Å². The Kier molecular flexibility index (Phi) is 2.35. The Hall–Kier alpha value is -2.86. The molecule has 116 valence electrons. The summed E-state index contributed by atoms with van der Waals surface area (Å²) in [4.78, 5) is 0. The van der Waals surface area contributed by atoms with E-state index < -0.39 is 13.7 Å². The molecule has 0 unspecified atom stereocenters. The SMILES string of the molecule is [2H]C([2H])([2H])c1ccc2cc(-c3cc(-c4ccccc4)ccc3C([2H])([2H])[2H])ccc2c1. The molecule has 0 nitrogen and oxygen atoms in total. The fourth-order valence-corrected chi connectivity index (χ4v) is 3.01. The Morgan fingerprint density at radius 2 is 1.38 bits per heavy atom. The van der Waals surface area contributed by atoms with Crippen molar-refractivity contribution >= 4 is 10.8 Å². The zero-order valence-corrected chi connectivity index (χ0v) is 13.1. The average Bonchev–Trinajstić information content (AvgIpc) is 2.72. The minimum Gasteiger partial charge on any atom is -0.0622 e. The van der Waals surface area contributed by atoms with E-state index in [2.05, 4.69) is 0 Å². The Bertz CT molecular complexity index is 1200. The fraction of sp³-hybridized carbons (Fsp3) is 0.0833. The van der Waals surface area contributed by atoms with Gasteiger partial charge in [0.25, 0.3) is 0 Å². The Morgan fingerprint density at radius 1 is 0.583 bits per heavy atom. The van der Waals surface area contributed by atoms with Crippen LogP contribution in [0.25, 0.3) is 33.0 Å². The van der Waals surface area contributed by atoms with Gasteiger partial charge >= 0.3 is 0 Å². The Morgan fingerprint density at radius 3 is 2.21 bits per heavy atom. The zero-order valence-electron chi connectivity index (χ0n) is 19.1. The van der Waals surface area contributed by atoms with E-state index in [9.17, 15) is 0 Å². The van der Waals surface area contributed by atoms with Gasteiger partial charge in [0.05, 0.1) is 0 Å². The lowest BCUT2D eigenvalue weighted by atomic mass is 9.93. The van der Waals surface area contributed by atoms with Crippen molar-refractivity contribution in [2.75, 3.05) is 0 Å². The van der Waals surface area contributed by atoms with Crippen LogP contribution in [0.2, 0.25) is 0 Å². The second-order valence-corrected chi connectivity index (χ2v) is 5.90. The van der Waals surface area contributed by atoms with E-state index in [1.54, 1.807) is 24.3 Å². The largest absolute Gasteiger partial charge is 0.0622 e. The molecular weight excluding hydrogens is 288 g/mol. The molecule has 0 fully saturated rings. The quantitative estimate of drug-likeness (QED) is 0.382. The molecule has 0 heterocycles. The molecule has 0 spiro atoms. The van der Waals surface area contributed by atoms with Crippen LogP contribution < -0.4 is 0 Å². The van der Waals surface area contributed by atoms with Crippen LogP contribution in [0.4, 0.5) is 0 Å². The molecule has 4 rings (SSSR count). The van der Waals surface area contributed by atoms with E-state index in [0.29, 0.717) is 11.1 Å². The molecule has 0 aliphatic rings. The number of hydrogen-bond acceptors (Lipinski definition) is 0. The fourth-order valence-electron chi connectivity index (χ4n) is 3.01. The molecule has 0 N–H and O–H groups in total. The van der Waals surface area contributed by atoms with Crippen LogP contribution in [-0.4, -0.2) is 0 Å². The summed E-state index contributed by atoms with van der Waals surface area (Å²) < 4.78 is 46.7. The van der Waals surface area contributed by atoms with Gasteiger partial charge in [-0.1, -0.05) is 78.4 Å². The maximum atomic E-state index is 7.97. The normalized spacial score (nSPS) is 15.7. The van der Waals surface area contributed by atoms with Crippen molar-refractivity contribution < 1.29 is 8.22 Å². The van der Waals surface area contributed by atoms with Crippen LogP contribution in [0.1, 0.15) is 19.4 Å². The van der Waals surface area contributed by atoms with E-state index in [1.807, 2.05) is 60.7 Å². The van der Waals surface area contributed by atoms with Gasteiger partial charge < -0.3 is 0 Å². The van der Waals surface area contributed by atoms with E-state index >= 15 is 0 Å². The number of rotatable bonds is 2. The molecule has 0 saturated heterocycles. The summed E-state index contributed by atoms with van der Waals surface area (Å²) in [5.41, 5.74) is 3.97. The summed E-state index contributed by atoms with van der Waals surface area (Å²) in [7, 11) is 0. The third kappa shape index (κ3) is 2.72. The molecule has 0 saturated carbocycles. The summed E-state index contributed by atoms with van der Waals surface area (Å²) in [6.45, 7) is -4.41. The average molecular weight is 314 g/mol. The maximum absolute atomic E-state index is 7.97. The topological polar surface area (TPSA) is 0 Å². The summed E-state index contributed by atoms with van der Waals surface area (Å²) in [6.07, 6.45) is 0. The molecule has 0 atom stereocenters. The second kappa shape index (κ2) is 5.98. The van der Waals surface area contributed by atoms with Gasteiger partial charge in [-0.3, -0.25) is 0 Å². The maximum Gasteiger partial charge on any atom is 0.0280 e. The van der Waals surface area contributed by atoms with Crippen molar-refractivity contribution in [1.29, 1.82) is 0 Å². The van der Waals surface area contributed by atoms with E-state index in [-0.39, 0.29) is 5.56 Å². The molecule has 4 aromatic rings. The molecule has 4 aromatic carbocycles. The molecule has 0 aromatic heterocycles. The van der Waals surface area contributed by atoms with Gasteiger partial charge in [0.15, 0.2) is 0 Å². The zero-order chi connectivity index (χ0) is 21.5. The summed E-state index contributed by atoms with van der Waals surface area (Å²) in [5.74, 6) is 0. The number of hydrogen-bond donors (Lipinski definition) is 0. The van der Waals surface area contributed by atoms with Gasteiger partial charge in [-0.25, -0.2) is 0 Å². The minimum absolute atomic E-state index is 0.289. The molecular formula is C24H20. The molecule has 0 aliphatic carbocycles. The number of benzene rings is 4. The highest BCUT2D eigenvalue weighted by Crippen LogP contribution is 2.31.